The van der Waals surface area contributed by atoms with Gasteiger partial charge in [0.25, 0.3) is 0 Å². The van der Waals surface area contributed by atoms with Crippen molar-refractivity contribution >= 4 is 5.78 Å². The lowest BCUT2D eigenvalue weighted by Gasteiger charge is -2.22. The standard InChI is InChI=1S/C33H30O/c1-32(2)28-11-7-5-9-24(28)26-15-13-21(19-30(26)32)17-23(34)18-22-14-16-27-25-10-6-8-12-29(25)33(3,4)31(27)20-22/h5-16,19-20H,17-18H2,1-4H3. The van der Waals surface area contributed by atoms with Crippen molar-refractivity contribution in [3.8, 4) is 22.3 Å². The van der Waals surface area contributed by atoms with Crippen molar-refractivity contribution in [2.75, 3.05) is 0 Å². The molecule has 4 aromatic carbocycles. The number of hydrogen-bond donors (Lipinski definition) is 0. The third-order valence-corrected chi connectivity index (χ3v) is 8.10. The SMILES string of the molecule is CC1(C)c2ccccc2-c2ccc(CC(=O)Cc3ccc4c(c3)C(C)(C)c3ccccc3-4)cc21. The lowest BCUT2D eigenvalue weighted by molar-refractivity contribution is -0.117. The third kappa shape index (κ3) is 3.03. The second-order valence-electron chi connectivity index (χ2n) is 11.0. The van der Waals surface area contributed by atoms with Crippen LogP contribution < -0.4 is 0 Å². The summed E-state index contributed by atoms with van der Waals surface area (Å²) in [5, 5.41) is 0. The summed E-state index contributed by atoms with van der Waals surface area (Å²) in [7, 11) is 0. The van der Waals surface area contributed by atoms with Gasteiger partial charge in [-0.2, -0.15) is 0 Å². The molecule has 0 aliphatic heterocycles. The first kappa shape index (κ1) is 21.1. The largest absolute Gasteiger partial charge is 0.299 e. The number of ketones is 1. The number of benzene rings is 4. The topological polar surface area (TPSA) is 17.1 Å². The van der Waals surface area contributed by atoms with Crippen molar-refractivity contribution in [3.05, 3.63) is 118 Å². The van der Waals surface area contributed by atoms with Gasteiger partial charge in [-0.3, -0.25) is 4.79 Å². The van der Waals surface area contributed by atoms with Crippen LogP contribution in [0.3, 0.4) is 0 Å². The number of fused-ring (bicyclic) bond motifs is 6. The summed E-state index contributed by atoms with van der Waals surface area (Å²) in [6.07, 6.45) is 0.945. The van der Waals surface area contributed by atoms with Crippen LogP contribution in [0, 0.1) is 0 Å². The van der Waals surface area contributed by atoms with Crippen molar-refractivity contribution < 1.29 is 4.79 Å². The summed E-state index contributed by atoms with van der Waals surface area (Å²) in [5.41, 5.74) is 12.8. The lowest BCUT2D eigenvalue weighted by Crippen LogP contribution is -2.16. The molecule has 0 unspecified atom stereocenters. The van der Waals surface area contributed by atoms with Gasteiger partial charge in [0.2, 0.25) is 0 Å². The van der Waals surface area contributed by atoms with E-state index in [1.54, 1.807) is 0 Å². The molecule has 34 heavy (non-hydrogen) atoms. The fraction of sp³-hybridized carbons (Fsp3) is 0.242. The van der Waals surface area contributed by atoms with Gasteiger partial charge in [0.05, 0.1) is 0 Å². The number of Topliss-reactive ketones (excluding diaryl/α,β-unsaturated/α-hetero) is 1. The molecule has 0 spiro atoms. The molecule has 0 heterocycles. The van der Waals surface area contributed by atoms with Gasteiger partial charge in [0.15, 0.2) is 0 Å². The van der Waals surface area contributed by atoms with E-state index in [9.17, 15) is 4.79 Å². The molecule has 0 saturated carbocycles. The minimum atomic E-state index is -0.0362. The average Bonchev–Trinajstić information content (AvgIpc) is 3.19. The molecule has 0 amide bonds. The van der Waals surface area contributed by atoms with Crippen LogP contribution in [0.1, 0.15) is 61.1 Å². The van der Waals surface area contributed by atoms with Gasteiger partial charge in [-0.25, -0.2) is 0 Å². The van der Waals surface area contributed by atoms with Gasteiger partial charge in [0.1, 0.15) is 5.78 Å². The van der Waals surface area contributed by atoms with Crippen molar-refractivity contribution in [2.24, 2.45) is 0 Å². The van der Waals surface area contributed by atoms with Crippen LogP contribution in [0.2, 0.25) is 0 Å². The fourth-order valence-corrected chi connectivity index (χ4v) is 6.24. The Kier molecular flexibility index (Phi) is 4.51. The summed E-state index contributed by atoms with van der Waals surface area (Å²) in [6.45, 7) is 9.14. The third-order valence-electron chi connectivity index (χ3n) is 8.10. The summed E-state index contributed by atoms with van der Waals surface area (Å²) in [6, 6.07) is 30.5. The predicted molar refractivity (Wildman–Crippen MR) is 140 cm³/mol. The van der Waals surface area contributed by atoms with E-state index >= 15 is 0 Å². The zero-order chi connectivity index (χ0) is 23.7. The van der Waals surface area contributed by atoms with Gasteiger partial charge in [0, 0.05) is 23.7 Å². The molecular formula is C33H30O. The van der Waals surface area contributed by atoms with E-state index in [1.807, 2.05) is 0 Å². The van der Waals surface area contributed by atoms with Crippen LogP contribution in [0.4, 0.5) is 0 Å². The van der Waals surface area contributed by atoms with Crippen molar-refractivity contribution in [1.82, 2.24) is 0 Å². The Bertz CT molecular complexity index is 1360. The van der Waals surface area contributed by atoms with Gasteiger partial charge >= 0.3 is 0 Å². The van der Waals surface area contributed by atoms with Gasteiger partial charge in [-0.1, -0.05) is 113 Å². The molecule has 6 rings (SSSR count). The molecule has 4 aromatic rings. The average molecular weight is 443 g/mol. The highest BCUT2D eigenvalue weighted by molar-refractivity contribution is 5.86. The number of carbonyl (C=O) groups excluding carboxylic acids is 1. The monoisotopic (exact) mass is 442 g/mol. The molecule has 0 bridgehead atoms. The molecule has 0 aromatic heterocycles. The molecule has 168 valence electrons. The minimum Gasteiger partial charge on any atom is -0.299 e. The maximum atomic E-state index is 13.1. The molecule has 2 aliphatic rings. The zero-order valence-electron chi connectivity index (χ0n) is 20.4. The second-order valence-corrected chi connectivity index (χ2v) is 11.0. The lowest BCUT2D eigenvalue weighted by atomic mass is 9.81. The smallest absolute Gasteiger partial charge is 0.141 e. The first-order valence-corrected chi connectivity index (χ1v) is 12.2. The summed E-state index contributed by atoms with van der Waals surface area (Å²) >= 11 is 0. The Morgan fingerprint density at radius 2 is 0.912 bits per heavy atom. The van der Waals surface area contributed by atoms with Crippen LogP contribution in [-0.2, 0) is 28.5 Å². The van der Waals surface area contributed by atoms with Crippen LogP contribution in [0.25, 0.3) is 22.3 Å². The van der Waals surface area contributed by atoms with E-state index in [1.165, 1.54) is 44.5 Å². The molecule has 0 radical (unpaired) electrons. The Balaban J connectivity index is 1.25. The minimum absolute atomic E-state index is 0.0362. The molecule has 1 heteroatoms. The van der Waals surface area contributed by atoms with E-state index in [0.717, 1.165) is 11.1 Å². The molecular weight excluding hydrogens is 412 g/mol. The van der Waals surface area contributed by atoms with Crippen molar-refractivity contribution in [1.29, 1.82) is 0 Å². The number of carbonyl (C=O) groups is 1. The molecule has 0 atom stereocenters. The Hall–Kier alpha value is -3.45. The maximum absolute atomic E-state index is 13.1. The number of rotatable bonds is 4. The fourth-order valence-electron chi connectivity index (χ4n) is 6.24. The summed E-state index contributed by atoms with van der Waals surface area (Å²) in [4.78, 5) is 13.1. The molecule has 2 aliphatic carbocycles. The predicted octanol–water partition coefficient (Wildman–Crippen LogP) is 7.65. The summed E-state index contributed by atoms with van der Waals surface area (Å²) < 4.78 is 0. The van der Waals surface area contributed by atoms with E-state index in [-0.39, 0.29) is 16.6 Å². The molecule has 0 saturated heterocycles. The zero-order valence-corrected chi connectivity index (χ0v) is 20.4. The summed E-state index contributed by atoms with van der Waals surface area (Å²) in [5.74, 6) is 0.265. The van der Waals surface area contributed by atoms with Crippen molar-refractivity contribution in [2.45, 2.75) is 51.4 Å². The van der Waals surface area contributed by atoms with E-state index in [2.05, 4.69) is 113 Å². The van der Waals surface area contributed by atoms with E-state index in [4.69, 9.17) is 0 Å². The van der Waals surface area contributed by atoms with Gasteiger partial charge in [-0.05, 0) is 55.6 Å². The van der Waals surface area contributed by atoms with Crippen LogP contribution in [0.5, 0.6) is 0 Å². The van der Waals surface area contributed by atoms with Crippen LogP contribution in [0.15, 0.2) is 84.9 Å². The maximum Gasteiger partial charge on any atom is 0.141 e. The first-order valence-electron chi connectivity index (χ1n) is 12.2. The van der Waals surface area contributed by atoms with Gasteiger partial charge in [-0.15, -0.1) is 0 Å². The Morgan fingerprint density at radius 3 is 1.35 bits per heavy atom. The number of hydrogen-bond acceptors (Lipinski definition) is 1. The Morgan fingerprint density at radius 1 is 0.529 bits per heavy atom. The van der Waals surface area contributed by atoms with Gasteiger partial charge < -0.3 is 0 Å². The molecule has 1 nitrogen and oxygen atoms in total. The first-order chi connectivity index (χ1) is 16.3. The second kappa shape index (κ2) is 7.27. The van der Waals surface area contributed by atoms with E-state index in [0.29, 0.717) is 12.8 Å². The quantitative estimate of drug-likeness (QED) is 0.317. The Labute approximate surface area is 202 Å². The van der Waals surface area contributed by atoms with E-state index < -0.39 is 0 Å². The van der Waals surface area contributed by atoms with Crippen LogP contribution >= 0.6 is 0 Å². The highest BCUT2D eigenvalue weighted by Crippen LogP contribution is 2.49. The van der Waals surface area contributed by atoms with Crippen LogP contribution in [-0.4, -0.2) is 5.78 Å². The highest BCUT2D eigenvalue weighted by atomic mass is 16.1. The highest BCUT2D eigenvalue weighted by Gasteiger charge is 2.36. The normalized spacial score (nSPS) is 15.9. The van der Waals surface area contributed by atoms with Crippen molar-refractivity contribution in [3.63, 3.8) is 0 Å². The molecule has 0 fully saturated rings. The molecule has 0 N–H and O–H groups in total.